The molecule has 1 saturated heterocycles. The van der Waals surface area contributed by atoms with E-state index in [9.17, 15) is 9.59 Å². The van der Waals surface area contributed by atoms with Crippen LogP contribution in [0.1, 0.15) is 6.42 Å². The molecule has 1 aliphatic rings. The quantitative estimate of drug-likeness (QED) is 0.377. The molecule has 1 fully saturated rings. The zero-order valence-electron chi connectivity index (χ0n) is 6.10. The first-order chi connectivity index (χ1) is 5.52. The molecule has 4 N–H and O–H groups in total. The van der Waals surface area contributed by atoms with E-state index in [4.69, 9.17) is 15.3 Å². The van der Waals surface area contributed by atoms with E-state index in [1.165, 1.54) is 0 Å². The van der Waals surface area contributed by atoms with E-state index in [-0.39, 0.29) is 6.42 Å². The molecule has 0 saturated carbocycles. The molecule has 3 atom stereocenters. The topological polar surface area (TPSA) is 107 Å². The number of aliphatic hydroxyl groups excluding tert-OH is 2. The zero-order valence-corrected chi connectivity index (χ0v) is 6.10. The first-order valence-corrected chi connectivity index (χ1v) is 3.40. The Kier molecular flexibility index (Phi) is 2.30. The fourth-order valence-corrected chi connectivity index (χ4v) is 1.09. The van der Waals surface area contributed by atoms with E-state index < -0.39 is 30.1 Å². The van der Waals surface area contributed by atoms with Crippen LogP contribution in [0.3, 0.4) is 0 Å². The van der Waals surface area contributed by atoms with Gasteiger partial charge in [0.15, 0.2) is 6.10 Å². The van der Waals surface area contributed by atoms with Gasteiger partial charge >= 0.3 is 5.97 Å². The van der Waals surface area contributed by atoms with Crippen LogP contribution in [-0.2, 0) is 9.59 Å². The third kappa shape index (κ3) is 1.54. The minimum absolute atomic E-state index is 0.385. The summed E-state index contributed by atoms with van der Waals surface area (Å²) in [4.78, 5) is 20.8. The Labute approximate surface area is 67.8 Å². The second-order valence-electron chi connectivity index (χ2n) is 2.65. The second kappa shape index (κ2) is 3.08. The van der Waals surface area contributed by atoms with Crippen LogP contribution in [0.5, 0.6) is 0 Å². The smallest absolute Gasteiger partial charge is 0.305 e. The van der Waals surface area contributed by atoms with Gasteiger partial charge in [-0.25, -0.2) is 0 Å². The van der Waals surface area contributed by atoms with Crippen molar-refractivity contribution in [3.8, 4) is 0 Å². The highest BCUT2D eigenvalue weighted by atomic mass is 16.4. The van der Waals surface area contributed by atoms with Crippen molar-refractivity contribution in [3.05, 3.63) is 0 Å². The standard InChI is InChI=1S/C6H9NO5/c8-3(9)1-2-4(10)5(11)6(12)7-2/h2,4-5,10-11H,1H2,(H,7,12)(H,8,9)/t2-,4-,5+/m0/s1. The maximum atomic E-state index is 10.7. The molecule has 1 heterocycles. The number of nitrogens with one attached hydrogen (secondary N) is 1. The van der Waals surface area contributed by atoms with Gasteiger partial charge in [-0.15, -0.1) is 0 Å². The molecule has 6 heteroatoms. The molecule has 12 heavy (non-hydrogen) atoms. The monoisotopic (exact) mass is 175 g/mol. The van der Waals surface area contributed by atoms with E-state index in [0.717, 1.165) is 0 Å². The van der Waals surface area contributed by atoms with Crippen molar-refractivity contribution in [2.75, 3.05) is 0 Å². The summed E-state index contributed by atoms with van der Waals surface area (Å²) in [7, 11) is 0. The SMILES string of the molecule is O=C(O)C[C@@H]1NC(=O)[C@H](O)[C@H]1O. The van der Waals surface area contributed by atoms with Crippen molar-refractivity contribution in [1.29, 1.82) is 0 Å². The normalized spacial score (nSPS) is 34.8. The third-order valence-electron chi connectivity index (χ3n) is 1.73. The summed E-state index contributed by atoms with van der Waals surface area (Å²) in [5.41, 5.74) is 0. The highest BCUT2D eigenvalue weighted by Crippen LogP contribution is 2.11. The molecule has 1 amide bonds. The van der Waals surface area contributed by atoms with Gasteiger partial charge in [0.05, 0.1) is 12.5 Å². The van der Waals surface area contributed by atoms with E-state index in [2.05, 4.69) is 5.32 Å². The summed E-state index contributed by atoms with van der Waals surface area (Å²) in [5, 5.41) is 28.5. The summed E-state index contributed by atoms with van der Waals surface area (Å²) in [6.07, 6.45) is -3.22. The van der Waals surface area contributed by atoms with Crippen molar-refractivity contribution in [2.45, 2.75) is 24.7 Å². The lowest BCUT2D eigenvalue weighted by atomic mass is 10.1. The molecule has 0 aliphatic carbocycles. The zero-order chi connectivity index (χ0) is 9.30. The van der Waals surface area contributed by atoms with Crippen LogP contribution in [0.25, 0.3) is 0 Å². The number of hydrogen-bond acceptors (Lipinski definition) is 4. The highest BCUT2D eigenvalue weighted by Gasteiger charge is 2.40. The third-order valence-corrected chi connectivity index (χ3v) is 1.73. The minimum Gasteiger partial charge on any atom is -0.481 e. The van der Waals surface area contributed by atoms with Crippen molar-refractivity contribution < 1.29 is 24.9 Å². The second-order valence-corrected chi connectivity index (χ2v) is 2.65. The molecule has 68 valence electrons. The summed E-state index contributed by atoms with van der Waals surface area (Å²) < 4.78 is 0. The number of carbonyl (C=O) groups is 2. The average molecular weight is 175 g/mol. The number of aliphatic carboxylic acids is 1. The molecule has 0 radical (unpaired) electrons. The maximum absolute atomic E-state index is 10.7. The molecule has 0 aromatic heterocycles. The van der Waals surface area contributed by atoms with Crippen LogP contribution in [0.4, 0.5) is 0 Å². The van der Waals surface area contributed by atoms with E-state index >= 15 is 0 Å². The molecule has 0 spiro atoms. The molecule has 0 aromatic carbocycles. The summed E-state index contributed by atoms with van der Waals surface area (Å²) in [5.74, 6) is -1.86. The number of hydrogen-bond donors (Lipinski definition) is 4. The van der Waals surface area contributed by atoms with Gasteiger partial charge in [0, 0.05) is 0 Å². The van der Waals surface area contributed by atoms with Crippen LogP contribution >= 0.6 is 0 Å². The fourth-order valence-electron chi connectivity index (χ4n) is 1.09. The van der Waals surface area contributed by atoms with Gasteiger partial charge < -0.3 is 20.6 Å². The van der Waals surface area contributed by atoms with Gasteiger partial charge in [-0.05, 0) is 0 Å². The van der Waals surface area contributed by atoms with Crippen molar-refractivity contribution in [2.24, 2.45) is 0 Å². The number of carboxylic acid groups (broad SMARTS) is 1. The Balaban J connectivity index is 2.58. The van der Waals surface area contributed by atoms with Crippen molar-refractivity contribution in [1.82, 2.24) is 5.32 Å². The average Bonchev–Trinajstić information content (AvgIpc) is 2.17. The van der Waals surface area contributed by atoms with E-state index in [1.807, 2.05) is 0 Å². The molecular weight excluding hydrogens is 166 g/mol. The Morgan fingerprint density at radius 3 is 2.42 bits per heavy atom. The van der Waals surface area contributed by atoms with Crippen molar-refractivity contribution in [3.63, 3.8) is 0 Å². The fraction of sp³-hybridized carbons (Fsp3) is 0.667. The van der Waals surface area contributed by atoms with Gasteiger partial charge in [0.1, 0.15) is 6.10 Å². The minimum atomic E-state index is -1.51. The molecule has 1 aliphatic heterocycles. The Morgan fingerprint density at radius 1 is 1.50 bits per heavy atom. The Morgan fingerprint density at radius 2 is 2.08 bits per heavy atom. The van der Waals surface area contributed by atoms with Gasteiger partial charge in [0.25, 0.3) is 5.91 Å². The van der Waals surface area contributed by atoms with Gasteiger partial charge in [-0.1, -0.05) is 0 Å². The van der Waals surface area contributed by atoms with Crippen LogP contribution in [-0.4, -0.2) is 45.4 Å². The van der Waals surface area contributed by atoms with Crippen LogP contribution < -0.4 is 5.32 Å². The molecule has 0 bridgehead atoms. The Bertz CT molecular complexity index is 214. The number of amides is 1. The summed E-state index contributed by atoms with van der Waals surface area (Å²) in [6.45, 7) is 0. The van der Waals surface area contributed by atoms with Crippen LogP contribution in [0.15, 0.2) is 0 Å². The lowest BCUT2D eigenvalue weighted by Gasteiger charge is -2.11. The van der Waals surface area contributed by atoms with Crippen LogP contribution in [0, 0.1) is 0 Å². The number of carbonyl (C=O) groups excluding carboxylic acids is 1. The van der Waals surface area contributed by atoms with Crippen molar-refractivity contribution >= 4 is 11.9 Å². The Hall–Kier alpha value is -1.14. The summed E-state index contributed by atoms with van der Waals surface area (Å²) in [6, 6.07) is -0.884. The highest BCUT2D eigenvalue weighted by molar-refractivity contribution is 5.85. The molecule has 1 rings (SSSR count). The predicted octanol–water partition coefficient (Wildman–Crippen LogP) is -2.32. The molecule has 6 nitrogen and oxygen atoms in total. The largest absolute Gasteiger partial charge is 0.481 e. The number of aliphatic hydroxyl groups is 2. The predicted molar refractivity (Wildman–Crippen MR) is 36.2 cm³/mol. The molecular formula is C6H9NO5. The van der Waals surface area contributed by atoms with Gasteiger partial charge in [-0.2, -0.15) is 0 Å². The first kappa shape index (κ1) is 8.95. The van der Waals surface area contributed by atoms with Gasteiger partial charge in [-0.3, -0.25) is 9.59 Å². The molecule has 0 unspecified atom stereocenters. The van der Waals surface area contributed by atoms with Gasteiger partial charge in [0.2, 0.25) is 0 Å². The summed E-state index contributed by atoms with van der Waals surface area (Å²) >= 11 is 0. The number of rotatable bonds is 2. The lowest BCUT2D eigenvalue weighted by molar-refractivity contribution is -0.138. The van der Waals surface area contributed by atoms with E-state index in [0.29, 0.717) is 0 Å². The van der Waals surface area contributed by atoms with Crippen LogP contribution in [0.2, 0.25) is 0 Å². The van der Waals surface area contributed by atoms with E-state index in [1.54, 1.807) is 0 Å². The molecule has 0 aromatic rings. The number of carboxylic acids is 1. The first-order valence-electron chi connectivity index (χ1n) is 3.40. The maximum Gasteiger partial charge on any atom is 0.305 e. The lowest BCUT2D eigenvalue weighted by Crippen LogP contribution is -2.34.